The smallest absolute Gasteiger partial charge is 0.161 e. The van der Waals surface area contributed by atoms with Crippen LogP contribution in [0.25, 0.3) is 16.6 Å². The van der Waals surface area contributed by atoms with Crippen LogP contribution < -0.4 is 0 Å². The SMILES string of the molecule is Fc1ccc2c(C3CCN(CCc4nnc5cccc(Cl)n45)C3)c[nH]c2c1. The van der Waals surface area contributed by atoms with Gasteiger partial charge in [0.1, 0.15) is 16.8 Å². The Balaban J connectivity index is 1.29. The Kier molecular flexibility index (Phi) is 4.10. The zero-order valence-corrected chi connectivity index (χ0v) is 15.5. The number of pyridine rings is 1. The fraction of sp³-hybridized carbons (Fsp3) is 0.300. The van der Waals surface area contributed by atoms with E-state index in [-0.39, 0.29) is 5.82 Å². The van der Waals surface area contributed by atoms with Crippen molar-refractivity contribution >= 4 is 28.2 Å². The van der Waals surface area contributed by atoms with Crippen molar-refractivity contribution in [3.05, 3.63) is 65.0 Å². The van der Waals surface area contributed by atoms with Gasteiger partial charge in [0.2, 0.25) is 0 Å². The van der Waals surface area contributed by atoms with Crippen LogP contribution in [0.3, 0.4) is 0 Å². The molecule has 4 aromatic rings. The molecule has 5 nitrogen and oxygen atoms in total. The third-order valence-corrected chi connectivity index (χ3v) is 5.78. The van der Waals surface area contributed by atoms with E-state index in [0.29, 0.717) is 11.1 Å². The number of aromatic amines is 1. The molecule has 4 heterocycles. The highest BCUT2D eigenvalue weighted by Crippen LogP contribution is 2.32. The van der Waals surface area contributed by atoms with E-state index in [2.05, 4.69) is 20.1 Å². The number of rotatable bonds is 4. The van der Waals surface area contributed by atoms with E-state index in [0.717, 1.165) is 54.9 Å². The molecule has 0 radical (unpaired) electrons. The number of halogens is 2. The van der Waals surface area contributed by atoms with Crippen molar-refractivity contribution in [2.75, 3.05) is 19.6 Å². The zero-order valence-electron chi connectivity index (χ0n) is 14.7. The molecule has 3 aromatic heterocycles. The molecule has 1 fully saturated rings. The Bertz CT molecular complexity index is 1120. The van der Waals surface area contributed by atoms with Crippen molar-refractivity contribution in [3.8, 4) is 0 Å². The molecule has 27 heavy (non-hydrogen) atoms. The van der Waals surface area contributed by atoms with Crippen LogP contribution in [0.5, 0.6) is 0 Å². The normalized spacial score (nSPS) is 18.1. The lowest BCUT2D eigenvalue weighted by atomic mass is 9.98. The Morgan fingerprint density at radius 2 is 2.15 bits per heavy atom. The molecule has 7 heteroatoms. The molecule has 5 rings (SSSR count). The van der Waals surface area contributed by atoms with Crippen LogP contribution >= 0.6 is 11.6 Å². The third kappa shape index (κ3) is 2.99. The summed E-state index contributed by atoms with van der Waals surface area (Å²) in [6, 6.07) is 10.6. The molecule has 1 atom stereocenters. The minimum absolute atomic E-state index is 0.205. The molecule has 0 amide bonds. The van der Waals surface area contributed by atoms with Crippen LogP contribution in [0.1, 0.15) is 23.7 Å². The van der Waals surface area contributed by atoms with Gasteiger partial charge in [-0.25, -0.2) is 4.39 Å². The minimum atomic E-state index is -0.205. The average molecular weight is 384 g/mol. The van der Waals surface area contributed by atoms with Gasteiger partial charge in [0, 0.05) is 36.6 Å². The van der Waals surface area contributed by atoms with Crippen molar-refractivity contribution < 1.29 is 4.39 Å². The number of hydrogen-bond donors (Lipinski definition) is 1. The second kappa shape index (κ2) is 6.62. The van der Waals surface area contributed by atoms with Crippen molar-refractivity contribution in [2.45, 2.75) is 18.8 Å². The second-order valence-corrected chi connectivity index (χ2v) is 7.52. The number of likely N-dealkylation sites (tertiary alicyclic amines) is 1. The Morgan fingerprint density at radius 1 is 1.22 bits per heavy atom. The highest BCUT2D eigenvalue weighted by atomic mass is 35.5. The van der Waals surface area contributed by atoms with E-state index in [1.807, 2.05) is 34.9 Å². The first-order chi connectivity index (χ1) is 13.2. The van der Waals surface area contributed by atoms with Crippen LogP contribution in [0, 0.1) is 5.82 Å². The molecule has 1 N–H and O–H groups in total. The van der Waals surface area contributed by atoms with E-state index >= 15 is 0 Å². The molecule has 0 bridgehead atoms. The Morgan fingerprint density at radius 3 is 3.07 bits per heavy atom. The Hall–Kier alpha value is -2.44. The topological polar surface area (TPSA) is 49.2 Å². The molecule has 1 saturated heterocycles. The van der Waals surface area contributed by atoms with Crippen LogP contribution in [0.15, 0.2) is 42.6 Å². The summed E-state index contributed by atoms with van der Waals surface area (Å²) in [5.74, 6) is 1.15. The van der Waals surface area contributed by atoms with Gasteiger partial charge in [0.15, 0.2) is 5.65 Å². The summed E-state index contributed by atoms with van der Waals surface area (Å²) in [4.78, 5) is 5.66. The molecule has 1 aliphatic rings. The summed E-state index contributed by atoms with van der Waals surface area (Å²) >= 11 is 6.30. The molecule has 0 spiro atoms. The second-order valence-electron chi connectivity index (χ2n) is 7.13. The van der Waals surface area contributed by atoms with Gasteiger partial charge in [0.25, 0.3) is 0 Å². The first kappa shape index (κ1) is 16.7. The number of hydrogen-bond acceptors (Lipinski definition) is 3. The quantitative estimate of drug-likeness (QED) is 0.541. The molecule has 1 unspecified atom stereocenters. The largest absolute Gasteiger partial charge is 0.361 e. The van der Waals surface area contributed by atoms with Gasteiger partial charge >= 0.3 is 0 Å². The standard InChI is InChI=1S/C20H19ClFN5/c21-18-2-1-3-19-24-25-20(27(18)19)7-9-26-8-6-13(12-26)16-11-23-17-10-14(22)4-5-15(16)17/h1-5,10-11,13,23H,6-9,12H2. The first-order valence-electron chi connectivity index (χ1n) is 9.16. The summed E-state index contributed by atoms with van der Waals surface area (Å²) in [5.41, 5.74) is 2.93. The van der Waals surface area contributed by atoms with E-state index in [9.17, 15) is 4.39 Å². The van der Waals surface area contributed by atoms with Gasteiger partial charge in [-0.3, -0.25) is 4.40 Å². The van der Waals surface area contributed by atoms with Gasteiger partial charge in [-0.15, -0.1) is 10.2 Å². The number of aromatic nitrogens is 4. The number of nitrogens with one attached hydrogen (secondary N) is 1. The van der Waals surface area contributed by atoms with Crippen molar-refractivity contribution in [2.24, 2.45) is 0 Å². The summed E-state index contributed by atoms with van der Waals surface area (Å²) in [6.45, 7) is 2.96. The predicted molar refractivity (Wildman–Crippen MR) is 104 cm³/mol. The number of benzene rings is 1. The molecule has 138 valence electrons. The monoisotopic (exact) mass is 383 g/mol. The summed E-state index contributed by atoms with van der Waals surface area (Å²) < 4.78 is 15.3. The van der Waals surface area contributed by atoms with Crippen molar-refractivity contribution in [3.63, 3.8) is 0 Å². The highest BCUT2D eigenvalue weighted by Gasteiger charge is 2.26. The molecule has 1 aromatic carbocycles. The van der Waals surface area contributed by atoms with Gasteiger partial charge < -0.3 is 9.88 Å². The lowest BCUT2D eigenvalue weighted by Gasteiger charge is -2.15. The maximum absolute atomic E-state index is 13.4. The zero-order chi connectivity index (χ0) is 18.4. The maximum Gasteiger partial charge on any atom is 0.161 e. The third-order valence-electron chi connectivity index (χ3n) is 5.49. The van der Waals surface area contributed by atoms with Gasteiger partial charge in [-0.2, -0.15) is 0 Å². The number of H-pyrrole nitrogens is 1. The van der Waals surface area contributed by atoms with E-state index in [1.165, 1.54) is 11.6 Å². The molecular weight excluding hydrogens is 365 g/mol. The van der Waals surface area contributed by atoms with Gasteiger partial charge in [0.05, 0.1) is 0 Å². The van der Waals surface area contributed by atoms with Gasteiger partial charge in [-0.05, 0) is 54.8 Å². The van der Waals surface area contributed by atoms with Crippen LogP contribution in [0.4, 0.5) is 4.39 Å². The lowest BCUT2D eigenvalue weighted by molar-refractivity contribution is 0.336. The summed E-state index contributed by atoms with van der Waals surface area (Å²) in [6.07, 6.45) is 3.94. The summed E-state index contributed by atoms with van der Waals surface area (Å²) in [7, 11) is 0. The molecule has 0 saturated carbocycles. The maximum atomic E-state index is 13.4. The van der Waals surface area contributed by atoms with Crippen molar-refractivity contribution in [1.82, 2.24) is 24.5 Å². The highest BCUT2D eigenvalue weighted by molar-refractivity contribution is 6.29. The lowest BCUT2D eigenvalue weighted by Crippen LogP contribution is -2.23. The Labute approximate surface area is 160 Å². The van der Waals surface area contributed by atoms with E-state index in [1.54, 1.807) is 6.07 Å². The minimum Gasteiger partial charge on any atom is -0.361 e. The van der Waals surface area contributed by atoms with Crippen LogP contribution in [-0.4, -0.2) is 44.1 Å². The first-order valence-corrected chi connectivity index (χ1v) is 9.54. The summed E-state index contributed by atoms with van der Waals surface area (Å²) in [5, 5.41) is 10.3. The van der Waals surface area contributed by atoms with E-state index < -0.39 is 0 Å². The molecule has 1 aliphatic heterocycles. The average Bonchev–Trinajstić information content (AvgIpc) is 3.37. The molecule has 0 aliphatic carbocycles. The number of nitrogens with zero attached hydrogens (tertiary/aromatic N) is 4. The predicted octanol–water partition coefficient (Wildman–Crippen LogP) is 4.04. The number of fused-ring (bicyclic) bond motifs is 2. The van der Waals surface area contributed by atoms with Crippen molar-refractivity contribution in [1.29, 1.82) is 0 Å². The van der Waals surface area contributed by atoms with Crippen LogP contribution in [-0.2, 0) is 6.42 Å². The van der Waals surface area contributed by atoms with Crippen LogP contribution in [0.2, 0.25) is 5.15 Å². The fourth-order valence-corrected chi connectivity index (χ4v) is 4.38. The fourth-order valence-electron chi connectivity index (χ4n) is 4.13. The molecular formula is C20H19ClFN5. The van der Waals surface area contributed by atoms with Gasteiger partial charge in [-0.1, -0.05) is 17.7 Å². The van der Waals surface area contributed by atoms with E-state index in [4.69, 9.17) is 11.6 Å².